The second-order valence-electron chi connectivity index (χ2n) is 0.266. The predicted molar refractivity (Wildman–Crippen MR) is 18.8 cm³/mol. The van der Waals surface area contributed by atoms with Gasteiger partial charge in [0.2, 0.25) is 6.16 Å². The summed E-state index contributed by atoms with van der Waals surface area (Å²) in [4.78, 5) is 8.44. The molecule has 0 bridgehead atoms. The summed E-state index contributed by atoms with van der Waals surface area (Å²) in [6.45, 7) is 0. The molecule has 0 rings (SSSR count). The molecule has 0 aromatic carbocycles. The van der Waals surface area contributed by atoms with Gasteiger partial charge in [0, 0.05) is 0 Å². The predicted octanol–water partition coefficient (Wildman–Crippen LogP) is -1.33. The van der Waals surface area contributed by atoms with Gasteiger partial charge in [-0.15, -0.1) is 0 Å². The van der Waals surface area contributed by atoms with Crippen LogP contribution in [0.15, 0.2) is 0 Å². The van der Waals surface area contributed by atoms with Crippen LogP contribution in [-0.2, 0) is 0 Å². The minimum absolute atomic E-state index is 0. The van der Waals surface area contributed by atoms with Crippen LogP contribution in [0.1, 0.15) is 0 Å². The van der Waals surface area contributed by atoms with E-state index in [1.54, 1.807) is 0 Å². The third-order valence-electron chi connectivity index (χ3n) is 0. The minimum Gasteiger partial charge on any atom is -0.565 e. The van der Waals surface area contributed by atoms with Gasteiger partial charge in [0.15, 0.2) is 0 Å². The Labute approximate surface area is 38.6 Å². The molecule has 0 aliphatic heterocycles. The molecule has 4 N–H and O–H groups in total. The van der Waals surface area contributed by atoms with Crippen molar-refractivity contribution in [1.82, 2.24) is 6.15 Å². The molecule has 5 heteroatoms. The molecule has 4 nitrogen and oxygen atoms in total. The third kappa shape index (κ3) is 54.1. The normalized spacial score (nSPS) is 4.00. The number of hydrogen-bond acceptors (Lipinski definition) is 3. The van der Waals surface area contributed by atoms with E-state index in [1.807, 2.05) is 0 Å². The summed E-state index contributed by atoms with van der Waals surface area (Å²) in [5, 5.41) is 15.3. The molecular weight excluding hydrogens is 83.0 g/mol. The van der Waals surface area contributed by atoms with Crippen LogP contribution >= 0.6 is 0 Å². The molecule has 6 heavy (non-hydrogen) atoms. The third-order valence-corrected chi connectivity index (χ3v) is 0. The zero-order valence-electron chi connectivity index (χ0n) is 3.18. The fourth-order valence-corrected chi connectivity index (χ4v) is 0. The van der Waals surface area contributed by atoms with Crippen LogP contribution in [0.5, 0.6) is 0 Å². The zero-order chi connectivity index (χ0) is 3.58. The van der Waals surface area contributed by atoms with Gasteiger partial charge in [-0.25, -0.2) is 0 Å². The van der Waals surface area contributed by atoms with E-state index in [2.05, 4.69) is 0 Å². The Morgan fingerprint density at radius 1 is 1.67 bits per heavy atom. The molecule has 0 saturated heterocycles. The monoisotopic (exact) mass is 87.0 g/mol. The van der Waals surface area contributed by atoms with Crippen LogP contribution < -0.4 is 11.3 Å². The van der Waals surface area contributed by atoms with E-state index < -0.39 is 6.16 Å². The van der Waals surface area contributed by atoms with Crippen molar-refractivity contribution in [2.75, 3.05) is 0 Å². The van der Waals surface area contributed by atoms with Gasteiger partial charge in [-0.05, 0) is 0 Å². The first-order valence-corrected chi connectivity index (χ1v) is 0.632. The summed E-state index contributed by atoms with van der Waals surface area (Å²) in [5.74, 6) is 0. The van der Waals surface area contributed by atoms with Gasteiger partial charge < -0.3 is 21.2 Å². The Hall–Kier alpha value is -0.601. The quantitative estimate of drug-likeness (QED) is 0.358. The van der Waals surface area contributed by atoms with Crippen LogP contribution in [0.4, 0.5) is 4.79 Å². The van der Waals surface area contributed by atoms with Gasteiger partial charge in [0.1, 0.15) is 0 Å². The van der Waals surface area contributed by atoms with Gasteiger partial charge in [-0.2, -0.15) is 0 Å². The molecule has 0 atom stereocenters. The first-order chi connectivity index (χ1) is 1.73. The van der Waals surface area contributed by atoms with E-state index in [-0.39, 0.29) is 16.3 Å². The van der Waals surface area contributed by atoms with E-state index in [9.17, 15) is 0 Å². The Kier molecular flexibility index (Phi) is 26.7. The molecule has 0 amide bonds. The van der Waals surface area contributed by atoms with Crippen LogP contribution in [0, 0.1) is 0 Å². The second-order valence-corrected chi connectivity index (χ2v) is 0.266. The fraction of sp³-hybridized carbons (Fsp3) is 0. The minimum atomic E-state index is -2.08. The largest absolute Gasteiger partial charge is 1.00 e. The summed E-state index contributed by atoms with van der Waals surface area (Å²) < 4.78 is 0. The SMILES string of the molecule is N.O=C([O-])O.[Be+]. The van der Waals surface area contributed by atoms with Crippen molar-refractivity contribution < 1.29 is 15.0 Å². The van der Waals surface area contributed by atoms with Crippen LogP contribution in [0.2, 0.25) is 0 Å². The smallest absolute Gasteiger partial charge is 0.565 e. The molecule has 0 spiro atoms. The van der Waals surface area contributed by atoms with Crippen molar-refractivity contribution in [2.45, 2.75) is 0 Å². The topological polar surface area (TPSA) is 95.4 Å². The molecule has 0 aromatic rings. The van der Waals surface area contributed by atoms with Crippen molar-refractivity contribution in [3.8, 4) is 0 Å². The summed E-state index contributed by atoms with van der Waals surface area (Å²) in [6, 6.07) is 0. The molecule has 0 aliphatic carbocycles. The molecular formula is CH4BeNO3. The van der Waals surface area contributed by atoms with Crippen molar-refractivity contribution in [2.24, 2.45) is 0 Å². The molecule has 0 unspecified atom stereocenters. The average molecular weight is 87.1 g/mol. The summed E-state index contributed by atoms with van der Waals surface area (Å²) >= 11 is 0. The van der Waals surface area contributed by atoms with Gasteiger partial charge in [0.05, 0.1) is 0 Å². The van der Waals surface area contributed by atoms with E-state index in [0.29, 0.717) is 0 Å². The Bertz CT molecular complexity index is 33.8. The molecule has 0 fully saturated rings. The maximum absolute atomic E-state index is 8.44. The van der Waals surface area contributed by atoms with Gasteiger partial charge in [-0.3, -0.25) is 0 Å². The van der Waals surface area contributed by atoms with Crippen molar-refractivity contribution >= 4 is 16.3 Å². The van der Waals surface area contributed by atoms with E-state index >= 15 is 0 Å². The summed E-state index contributed by atoms with van der Waals surface area (Å²) in [6.07, 6.45) is -2.08. The van der Waals surface area contributed by atoms with Gasteiger partial charge in [-0.1, -0.05) is 0 Å². The molecule has 1 radical (unpaired) electrons. The average Bonchev–Trinajstić information content (AvgIpc) is 0.811. The zero-order valence-corrected chi connectivity index (χ0v) is 3.18. The van der Waals surface area contributed by atoms with Crippen LogP contribution in [-0.4, -0.2) is 21.4 Å². The summed E-state index contributed by atoms with van der Waals surface area (Å²) in [7, 11) is 0. The summed E-state index contributed by atoms with van der Waals surface area (Å²) in [5.41, 5.74) is 0. The van der Waals surface area contributed by atoms with Crippen LogP contribution in [0.3, 0.4) is 0 Å². The molecule has 0 aliphatic rings. The van der Waals surface area contributed by atoms with Crippen molar-refractivity contribution in [3.05, 3.63) is 0 Å². The van der Waals surface area contributed by atoms with Crippen LogP contribution in [0.25, 0.3) is 0 Å². The number of hydrogen-bond donors (Lipinski definition) is 2. The van der Waals surface area contributed by atoms with E-state index in [1.165, 1.54) is 0 Å². The number of carbonyl (C=O) groups is 1. The maximum atomic E-state index is 8.44. The standard InChI is InChI=1S/CH2O3.Be.H3N/c2-1(3)4;;/h(H2,2,3,4);;1H3/q;+1;/p-1. The Morgan fingerprint density at radius 2 is 1.67 bits per heavy atom. The van der Waals surface area contributed by atoms with Crippen molar-refractivity contribution in [1.29, 1.82) is 0 Å². The first kappa shape index (κ1) is 18.2. The number of carboxylic acid groups (broad SMARTS) is 2. The number of rotatable bonds is 0. The Morgan fingerprint density at radius 3 is 1.67 bits per heavy atom. The Balaban J connectivity index is -0.0000000450. The molecule has 0 heterocycles. The van der Waals surface area contributed by atoms with E-state index in [4.69, 9.17) is 15.0 Å². The van der Waals surface area contributed by atoms with Crippen molar-refractivity contribution in [3.63, 3.8) is 0 Å². The first-order valence-electron chi connectivity index (χ1n) is 0.632. The van der Waals surface area contributed by atoms with Gasteiger partial charge in [0.25, 0.3) is 0 Å². The molecule has 0 aromatic heterocycles. The second kappa shape index (κ2) is 8.83. The maximum Gasteiger partial charge on any atom is 1.00 e. The van der Waals surface area contributed by atoms with E-state index in [0.717, 1.165) is 0 Å². The van der Waals surface area contributed by atoms with Gasteiger partial charge >= 0.3 is 10.1 Å². The molecule has 0 saturated carbocycles. The fourth-order valence-electron chi connectivity index (χ4n) is 0. The molecule has 33 valence electrons.